The zero-order chi connectivity index (χ0) is 41.1. The van der Waals surface area contributed by atoms with E-state index in [1.807, 2.05) is 48.5 Å². The minimum absolute atomic E-state index is 0.0231. The molecule has 3 aromatic rings. The van der Waals surface area contributed by atoms with E-state index in [4.69, 9.17) is 35.8 Å². The number of aromatic nitrogens is 2. The lowest BCUT2D eigenvalue weighted by Gasteiger charge is -2.35. The predicted molar refractivity (Wildman–Crippen MR) is 217 cm³/mol. The first-order chi connectivity index (χ1) is 26.9. The molecule has 1 unspecified atom stereocenters. The number of pyridine rings is 1. The van der Waals surface area contributed by atoms with Crippen molar-refractivity contribution in [1.82, 2.24) is 25.5 Å². The Morgan fingerprint density at radius 3 is 2.40 bits per heavy atom. The Morgan fingerprint density at radius 1 is 1.07 bits per heavy atom. The zero-order valence-corrected chi connectivity index (χ0v) is 35.3. The number of nitrogens with zero attached hydrogens (tertiary/aromatic N) is 3. The number of fused-ring (bicyclic) bond motifs is 2. The van der Waals surface area contributed by atoms with Gasteiger partial charge in [0, 0.05) is 28.8 Å². The molecule has 57 heavy (non-hydrogen) atoms. The van der Waals surface area contributed by atoms with Crippen molar-refractivity contribution in [3.63, 3.8) is 0 Å². The molecule has 4 N–H and O–H groups in total. The topological polar surface area (TPSA) is 181 Å². The average molecular weight is 825 g/mol. The van der Waals surface area contributed by atoms with Crippen LogP contribution in [-0.2, 0) is 19.1 Å². The number of anilines is 1. The molecule has 3 amide bonds. The number of carboxylic acids is 1. The highest BCUT2D eigenvalue weighted by molar-refractivity contribution is 7.16. The molecule has 0 spiro atoms. The number of halogens is 1. The highest BCUT2D eigenvalue weighted by Crippen LogP contribution is 2.52. The fraction of sp³-hybridized carbons (Fsp3) is 0.610. The largest absolute Gasteiger partial charge is 0.495 e. The van der Waals surface area contributed by atoms with Gasteiger partial charge in [-0.15, -0.1) is 11.3 Å². The van der Waals surface area contributed by atoms with Crippen LogP contribution in [-0.4, -0.2) is 93.4 Å². The van der Waals surface area contributed by atoms with Gasteiger partial charge in [0.2, 0.25) is 11.8 Å². The molecule has 8 atom stereocenters. The van der Waals surface area contributed by atoms with Crippen LogP contribution in [0.15, 0.2) is 18.2 Å². The number of amides is 3. The summed E-state index contributed by atoms with van der Waals surface area (Å²) in [6.07, 6.45) is 2.16. The molecular formula is C41H53ClN6O8S. The van der Waals surface area contributed by atoms with Crippen LogP contribution in [0.1, 0.15) is 84.9 Å². The quantitative estimate of drug-likeness (QED) is 0.142. The van der Waals surface area contributed by atoms with Crippen molar-refractivity contribution in [3.8, 4) is 22.9 Å². The molecule has 2 aromatic heterocycles. The number of alkyl carbamates (subject to hydrolysis) is 1. The summed E-state index contributed by atoms with van der Waals surface area (Å²) in [5.41, 5.74) is -0.610. The number of likely N-dealkylation sites (tertiary alicyclic amines) is 1. The Morgan fingerprint density at radius 2 is 1.79 bits per heavy atom. The molecule has 16 heteroatoms. The van der Waals surface area contributed by atoms with Crippen molar-refractivity contribution in [3.05, 3.63) is 28.1 Å². The van der Waals surface area contributed by atoms with Crippen molar-refractivity contribution in [1.29, 1.82) is 0 Å². The van der Waals surface area contributed by atoms with Gasteiger partial charge in [-0.3, -0.25) is 9.59 Å². The van der Waals surface area contributed by atoms with Crippen LogP contribution in [0.3, 0.4) is 0 Å². The normalized spacial score (nSPS) is 26.8. The summed E-state index contributed by atoms with van der Waals surface area (Å²) in [7, 11) is 1.52. The molecule has 0 bridgehead atoms. The van der Waals surface area contributed by atoms with Gasteiger partial charge in [0.15, 0.2) is 5.13 Å². The van der Waals surface area contributed by atoms with Crippen molar-refractivity contribution in [2.24, 2.45) is 23.2 Å². The highest BCUT2D eigenvalue weighted by atomic mass is 35.5. The van der Waals surface area contributed by atoms with Gasteiger partial charge in [-0.2, -0.15) is 0 Å². The molecule has 1 aliphatic heterocycles. The first-order valence-electron chi connectivity index (χ1n) is 19.8. The van der Waals surface area contributed by atoms with E-state index in [1.54, 1.807) is 18.2 Å². The summed E-state index contributed by atoms with van der Waals surface area (Å²) in [5.74, 6) is -0.393. The van der Waals surface area contributed by atoms with Crippen LogP contribution >= 0.6 is 22.9 Å². The fourth-order valence-corrected chi connectivity index (χ4v) is 9.80. The number of hydrogen-bond donors (Lipinski definition) is 4. The van der Waals surface area contributed by atoms with Crippen LogP contribution in [0.5, 0.6) is 11.5 Å². The summed E-state index contributed by atoms with van der Waals surface area (Å²) in [6, 6.07) is 3.30. The molecule has 4 aliphatic rings. The second-order valence-electron chi connectivity index (χ2n) is 17.5. The van der Waals surface area contributed by atoms with Gasteiger partial charge in [-0.1, -0.05) is 45.7 Å². The third kappa shape index (κ3) is 8.19. The van der Waals surface area contributed by atoms with Crippen LogP contribution in [0.2, 0.25) is 5.02 Å². The minimum Gasteiger partial charge on any atom is -0.495 e. The molecule has 4 fully saturated rings. The van der Waals surface area contributed by atoms with Gasteiger partial charge >= 0.3 is 12.1 Å². The van der Waals surface area contributed by atoms with Crippen molar-refractivity contribution >= 4 is 62.8 Å². The summed E-state index contributed by atoms with van der Waals surface area (Å²) in [4.78, 5) is 66.8. The van der Waals surface area contributed by atoms with Crippen LogP contribution in [0.25, 0.3) is 22.3 Å². The number of carbonyl (C=O) groups is 4. The van der Waals surface area contributed by atoms with Gasteiger partial charge in [-0.25, -0.2) is 19.6 Å². The summed E-state index contributed by atoms with van der Waals surface area (Å²) < 4.78 is 18.0. The van der Waals surface area contributed by atoms with Gasteiger partial charge in [0.1, 0.15) is 52.0 Å². The molecule has 7 rings (SSSR count). The summed E-state index contributed by atoms with van der Waals surface area (Å²) in [6.45, 7) is 13.4. The number of thiazole rings is 1. The predicted octanol–water partition coefficient (Wildman–Crippen LogP) is 6.81. The van der Waals surface area contributed by atoms with E-state index in [0.29, 0.717) is 58.5 Å². The lowest BCUT2D eigenvalue weighted by molar-refractivity contribution is -0.146. The molecule has 0 radical (unpaired) electrons. The lowest BCUT2D eigenvalue weighted by Crippen LogP contribution is -2.59. The second-order valence-corrected chi connectivity index (χ2v) is 19.0. The van der Waals surface area contributed by atoms with E-state index >= 15 is 0 Å². The van der Waals surface area contributed by atoms with E-state index in [2.05, 4.69) is 16.0 Å². The summed E-state index contributed by atoms with van der Waals surface area (Å²) >= 11 is 8.36. The maximum Gasteiger partial charge on any atom is 0.408 e. The number of ether oxygens (including phenoxy) is 3. The third-order valence-corrected chi connectivity index (χ3v) is 13.1. The SMILES string of the molecule is CC[C@@H]1C[C@]1(NC(=O)C1C[C@@H](Oc2cc(-c3nc(NC(C)C)sc3C)nc3c(Cl)c(OC)ccc23)CN1C(=O)[C@@H](NC(=O)O[C@@H]1C[C@@H]2C[C@@H]2C1)C(C)(C)C)C(=O)O. The number of benzene rings is 1. The van der Waals surface area contributed by atoms with Crippen LogP contribution < -0.4 is 25.4 Å². The van der Waals surface area contributed by atoms with Gasteiger partial charge in [0.25, 0.3) is 0 Å². The first-order valence-corrected chi connectivity index (χ1v) is 21.0. The first kappa shape index (κ1) is 40.8. The molecule has 1 saturated heterocycles. The Bertz CT molecular complexity index is 2080. The number of aliphatic carboxylic acids is 1. The molecule has 3 saturated carbocycles. The van der Waals surface area contributed by atoms with Crippen LogP contribution in [0.4, 0.5) is 9.93 Å². The molecular weight excluding hydrogens is 772 g/mol. The number of methoxy groups -OCH3 is 1. The summed E-state index contributed by atoms with van der Waals surface area (Å²) in [5, 5.41) is 20.8. The number of nitrogens with one attached hydrogen (secondary N) is 3. The number of carbonyl (C=O) groups excluding carboxylic acids is 3. The van der Waals surface area contributed by atoms with Gasteiger partial charge < -0.3 is 40.2 Å². The standard InChI is InChI=1S/C41H53ClN6O8S/c1-9-23-17-41(23,37(51)52)47-35(49)28-15-25(18-48(28)36(50)34(40(5,6)7)46-39(53)56-24-13-21-12-22(21)14-24)55-30-16-27(32-20(4)57-38(45-32)43-19(2)3)44-33-26(30)10-11-29(54-8)31(33)42/h10-11,16,19,21-25,28,34H,9,12-15,17-18H2,1-8H3,(H,43,45)(H,46,53)(H,47,49)(H,51,52)/t21-,22+,23-,24+,25-,28?,34-,41-/m1/s1. The van der Waals surface area contributed by atoms with Gasteiger partial charge in [0.05, 0.1) is 24.9 Å². The number of hydrogen-bond acceptors (Lipinski definition) is 11. The number of rotatable bonds is 13. The Labute approximate surface area is 341 Å². The lowest BCUT2D eigenvalue weighted by atomic mass is 9.85. The smallest absolute Gasteiger partial charge is 0.408 e. The Kier molecular flexibility index (Phi) is 11.0. The fourth-order valence-electron chi connectivity index (χ4n) is 8.55. The maximum absolute atomic E-state index is 14.7. The van der Waals surface area contributed by atoms with E-state index in [-0.39, 0.29) is 36.1 Å². The van der Waals surface area contributed by atoms with Crippen molar-refractivity contribution in [2.75, 3.05) is 19.0 Å². The van der Waals surface area contributed by atoms with Crippen molar-refractivity contribution in [2.45, 2.75) is 123 Å². The number of aryl methyl sites for hydroxylation is 1. The van der Waals surface area contributed by atoms with E-state index in [9.17, 15) is 24.3 Å². The van der Waals surface area contributed by atoms with E-state index in [0.717, 1.165) is 22.9 Å². The Hall–Kier alpha value is -4.37. The Balaban J connectivity index is 1.21. The van der Waals surface area contributed by atoms with Gasteiger partial charge in [-0.05, 0) is 81.8 Å². The van der Waals surface area contributed by atoms with E-state index < -0.39 is 53.0 Å². The second kappa shape index (κ2) is 15.4. The highest BCUT2D eigenvalue weighted by Gasteiger charge is 2.61. The van der Waals surface area contributed by atoms with E-state index in [1.165, 1.54) is 29.8 Å². The number of carboxylic acid groups (broad SMARTS) is 1. The third-order valence-electron chi connectivity index (χ3n) is 11.8. The maximum atomic E-state index is 14.7. The monoisotopic (exact) mass is 824 g/mol. The minimum atomic E-state index is -1.41. The van der Waals surface area contributed by atoms with Crippen LogP contribution in [0, 0.1) is 30.1 Å². The molecule has 308 valence electrons. The molecule has 3 heterocycles. The molecule has 14 nitrogen and oxygen atoms in total. The van der Waals surface area contributed by atoms with Crippen molar-refractivity contribution < 1.29 is 38.5 Å². The zero-order valence-electron chi connectivity index (χ0n) is 33.7. The average Bonchev–Trinajstić information content (AvgIpc) is 3.86. The molecule has 1 aromatic carbocycles. The molecule has 3 aliphatic carbocycles.